The topological polar surface area (TPSA) is 93.7 Å². The summed E-state index contributed by atoms with van der Waals surface area (Å²) in [5.74, 6) is -0.0391. The molecule has 0 aliphatic heterocycles. The van der Waals surface area contributed by atoms with Gasteiger partial charge in [-0.25, -0.2) is 13.1 Å². The highest BCUT2D eigenvalue weighted by Crippen LogP contribution is 2.21. The number of hydrogen-bond donors (Lipinski definition) is 2. The van der Waals surface area contributed by atoms with E-state index in [1.165, 1.54) is 55.7 Å². The first kappa shape index (κ1) is 22.3. The van der Waals surface area contributed by atoms with Crippen LogP contribution in [0, 0.1) is 0 Å². The number of amides is 1. The normalized spacial score (nSPS) is 11.6. The molecule has 0 spiro atoms. The Hall–Kier alpha value is -2.98. The maximum absolute atomic E-state index is 12.4. The summed E-state index contributed by atoms with van der Waals surface area (Å²) in [7, 11) is -2.24. The number of alkyl halides is 2. The van der Waals surface area contributed by atoms with Crippen molar-refractivity contribution in [3.63, 3.8) is 0 Å². The highest BCUT2D eigenvalue weighted by molar-refractivity contribution is 7.89. The predicted molar refractivity (Wildman–Crippen MR) is 103 cm³/mol. The van der Waals surface area contributed by atoms with Gasteiger partial charge in [0.05, 0.1) is 12.0 Å². The van der Waals surface area contributed by atoms with E-state index in [4.69, 9.17) is 4.74 Å². The molecule has 0 bridgehead atoms. The number of halogens is 2. The lowest BCUT2D eigenvalue weighted by Gasteiger charge is -2.08. The molecule has 156 valence electrons. The van der Waals surface area contributed by atoms with Crippen molar-refractivity contribution in [3.05, 3.63) is 60.2 Å². The fraction of sp³-hybridized carbons (Fsp3) is 0.211. The minimum absolute atomic E-state index is 0.0287. The van der Waals surface area contributed by atoms with Crippen LogP contribution < -0.4 is 19.5 Å². The van der Waals surface area contributed by atoms with Crippen LogP contribution in [-0.2, 0) is 14.8 Å². The molecular weight excluding hydrogens is 406 g/mol. The number of ether oxygens (including phenoxy) is 2. The summed E-state index contributed by atoms with van der Waals surface area (Å²) in [5.41, 5.74) is 0.308. The van der Waals surface area contributed by atoms with Gasteiger partial charge in [-0.3, -0.25) is 4.79 Å². The fourth-order valence-electron chi connectivity index (χ4n) is 2.26. The second-order valence-electron chi connectivity index (χ2n) is 5.61. The molecular formula is C19H20F2N2O5S. The third kappa shape index (κ3) is 7.16. The maximum atomic E-state index is 12.4. The van der Waals surface area contributed by atoms with Crippen molar-refractivity contribution < 1.29 is 31.5 Å². The van der Waals surface area contributed by atoms with Crippen LogP contribution in [-0.4, -0.2) is 41.1 Å². The van der Waals surface area contributed by atoms with E-state index in [0.29, 0.717) is 11.3 Å². The summed E-state index contributed by atoms with van der Waals surface area (Å²) < 4.78 is 60.8. The molecule has 7 nitrogen and oxygen atoms in total. The molecule has 2 rings (SSSR count). The molecule has 2 aromatic rings. The summed E-state index contributed by atoms with van der Waals surface area (Å²) in [6, 6.07) is 11.9. The van der Waals surface area contributed by atoms with Gasteiger partial charge >= 0.3 is 6.61 Å². The predicted octanol–water partition coefficient (Wildman–Crippen LogP) is 2.40. The number of benzene rings is 2. The van der Waals surface area contributed by atoms with Gasteiger partial charge in [-0.15, -0.1) is 0 Å². The molecule has 0 saturated heterocycles. The Labute approximate surface area is 167 Å². The quantitative estimate of drug-likeness (QED) is 0.450. The Morgan fingerprint density at radius 1 is 1.10 bits per heavy atom. The summed E-state index contributed by atoms with van der Waals surface area (Å²) in [6.45, 7) is -2.97. The number of para-hydroxylation sites is 1. The molecule has 0 fully saturated rings. The van der Waals surface area contributed by atoms with Crippen LogP contribution in [0.5, 0.6) is 11.5 Å². The highest BCUT2D eigenvalue weighted by Gasteiger charge is 2.13. The minimum Gasteiger partial charge on any atom is -0.497 e. The van der Waals surface area contributed by atoms with Gasteiger partial charge in [-0.2, -0.15) is 8.78 Å². The molecule has 0 aliphatic carbocycles. The van der Waals surface area contributed by atoms with Gasteiger partial charge in [-0.1, -0.05) is 18.2 Å². The van der Waals surface area contributed by atoms with E-state index in [1.54, 1.807) is 6.07 Å². The molecule has 0 aromatic heterocycles. The smallest absolute Gasteiger partial charge is 0.387 e. The zero-order valence-corrected chi connectivity index (χ0v) is 16.3. The first-order chi connectivity index (χ1) is 13.8. The van der Waals surface area contributed by atoms with Crippen LogP contribution in [0.2, 0.25) is 0 Å². The SMILES string of the molecule is COc1ccc(S(=O)(=O)NCCNC(=O)/C=C/c2ccccc2OC(F)F)cc1. The first-order valence-electron chi connectivity index (χ1n) is 8.45. The number of methoxy groups -OCH3 is 1. The Bertz CT molecular complexity index is 947. The Morgan fingerprint density at radius 3 is 2.45 bits per heavy atom. The van der Waals surface area contributed by atoms with Crippen LogP contribution in [0.15, 0.2) is 59.5 Å². The third-order valence-corrected chi connectivity index (χ3v) is 5.11. The number of rotatable bonds is 10. The Morgan fingerprint density at radius 2 is 1.79 bits per heavy atom. The lowest BCUT2D eigenvalue weighted by molar-refractivity contribution is -0.116. The van der Waals surface area contributed by atoms with E-state index in [2.05, 4.69) is 14.8 Å². The van der Waals surface area contributed by atoms with Crippen LogP contribution in [0.3, 0.4) is 0 Å². The van der Waals surface area contributed by atoms with Crippen LogP contribution in [0.1, 0.15) is 5.56 Å². The molecule has 2 N–H and O–H groups in total. The zero-order valence-electron chi connectivity index (χ0n) is 15.5. The number of carbonyl (C=O) groups excluding carboxylic acids is 1. The van der Waals surface area contributed by atoms with Gasteiger partial charge in [0.15, 0.2) is 0 Å². The monoisotopic (exact) mass is 426 g/mol. The van der Waals surface area contributed by atoms with Gasteiger partial charge in [0.2, 0.25) is 15.9 Å². The van der Waals surface area contributed by atoms with Crippen molar-refractivity contribution in [1.82, 2.24) is 10.0 Å². The molecule has 0 heterocycles. The van der Waals surface area contributed by atoms with Crippen molar-refractivity contribution in [2.75, 3.05) is 20.2 Å². The Kier molecular flexibility index (Phi) is 8.10. The molecule has 0 unspecified atom stereocenters. The molecule has 0 saturated carbocycles. The molecule has 10 heteroatoms. The van der Waals surface area contributed by atoms with E-state index in [1.807, 2.05) is 0 Å². The third-order valence-electron chi connectivity index (χ3n) is 3.64. The van der Waals surface area contributed by atoms with Crippen molar-refractivity contribution in [2.45, 2.75) is 11.5 Å². The van der Waals surface area contributed by atoms with Gasteiger partial charge in [0.1, 0.15) is 11.5 Å². The van der Waals surface area contributed by atoms with E-state index in [-0.39, 0.29) is 23.7 Å². The van der Waals surface area contributed by atoms with Gasteiger partial charge in [-0.05, 0) is 36.4 Å². The molecule has 2 aromatic carbocycles. The average molecular weight is 426 g/mol. The summed E-state index contributed by atoms with van der Waals surface area (Å²) >= 11 is 0. The van der Waals surface area contributed by atoms with Crippen LogP contribution in [0.4, 0.5) is 8.78 Å². The maximum Gasteiger partial charge on any atom is 0.387 e. The number of nitrogens with one attached hydrogen (secondary N) is 2. The van der Waals surface area contributed by atoms with Crippen molar-refractivity contribution in [3.8, 4) is 11.5 Å². The lowest BCUT2D eigenvalue weighted by atomic mass is 10.2. The largest absolute Gasteiger partial charge is 0.497 e. The number of hydrogen-bond acceptors (Lipinski definition) is 5. The molecule has 0 atom stereocenters. The van der Waals surface area contributed by atoms with Gasteiger partial charge < -0.3 is 14.8 Å². The van der Waals surface area contributed by atoms with Crippen molar-refractivity contribution in [1.29, 1.82) is 0 Å². The minimum atomic E-state index is -3.72. The van der Waals surface area contributed by atoms with Crippen LogP contribution >= 0.6 is 0 Å². The number of sulfonamides is 1. The van der Waals surface area contributed by atoms with Gasteiger partial charge in [0, 0.05) is 24.7 Å². The van der Waals surface area contributed by atoms with E-state index in [0.717, 1.165) is 6.08 Å². The molecule has 0 radical (unpaired) electrons. The molecule has 0 aliphatic rings. The van der Waals surface area contributed by atoms with E-state index < -0.39 is 22.5 Å². The first-order valence-corrected chi connectivity index (χ1v) is 9.93. The average Bonchev–Trinajstić information content (AvgIpc) is 2.70. The van der Waals surface area contributed by atoms with E-state index >= 15 is 0 Å². The second-order valence-corrected chi connectivity index (χ2v) is 7.38. The molecule has 1 amide bonds. The van der Waals surface area contributed by atoms with Gasteiger partial charge in [0.25, 0.3) is 0 Å². The summed E-state index contributed by atoms with van der Waals surface area (Å²) in [6.07, 6.45) is 2.47. The van der Waals surface area contributed by atoms with Crippen molar-refractivity contribution >= 4 is 22.0 Å². The fourth-order valence-corrected chi connectivity index (χ4v) is 3.29. The van der Waals surface area contributed by atoms with E-state index in [9.17, 15) is 22.0 Å². The van der Waals surface area contributed by atoms with Crippen molar-refractivity contribution in [2.24, 2.45) is 0 Å². The molecule has 29 heavy (non-hydrogen) atoms. The summed E-state index contributed by atoms with van der Waals surface area (Å²) in [5, 5.41) is 2.49. The standard InChI is InChI=1S/C19H20F2N2O5S/c1-27-15-7-9-16(10-8-15)29(25,26)23-13-12-22-18(24)11-6-14-4-2-3-5-17(14)28-19(20)21/h2-11,19,23H,12-13H2,1H3,(H,22,24)/b11-6+. The summed E-state index contributed by atoms with van der Waals surface area (Å²) in [4.78, 5) is 11.9. The number of carbonyl (C=O) groups is 1. The van der Waals surface area contributed by atoms with Crippen LogP contribution in [0.25, 0.3) is 6.08 Å². The zero-order chi connectivity index (χ0) is 21.3. The lowest BCUT2D eigenvalue weighted by Crippen LogP contribution is -2.34. The highest BCUT2D eigenvalue weighted by atomic mass is 32.2. The second kappa shape index (κ2) is 10.5. The Balaban J connectivity index is 1.83.